The molecule has 38 heavy (non-hydrogen) atoms. The number of para-hydroxylation sites is 1. The predicted molar refractivity (Wildman–Crippen MR) is 131 cm³/mol. The van der Waals surface area contributed by atoms with Gasteiger partial charge in [0.05, 0.1) is 29.1 Å². The van der Waals surface area contributed by atoms with E-state index in [1.165, 1.54) is 54.9 Å². The molecule has 10 heteroatoms. The second-order valence-corrected chi connectivity index (χ2v) is 9.09. The van der Waals surface area contributed by atoms with Crippen LogP contribution in [-0.4, -0.2) is 21.3 Å². The number of halogens is 6. The van der Waals surface area contributed by atoms with Gasteiger partial charge in [0, 0.05) is 17.3 Å². The summed E-state index contributed by atoms with van der Waals surface area (Å²) < 4.78 is 89.2. The molecule has 1 heterocycles. The van der Waals surface area contributed by atoms with Crippen molar-refractivity contribution in [3.8, 4) is 34.0 Å². The Kier molecular flexibility index (Phi) is 7.05. The van der Waals surface area contributed by atoms with E-state index < -0.39 is 29.1 Å². The third kappa shape index (κ3) is 5.40. The molecule has 0 aliphatic heterocycles. The van der Waals surface area contributed by atoms with E-state index in [1.54, 1.807) is 25.1 Å². The highest BCUT2D eigenvalue weighted by Crippen LogP contribution is 2.42. The lowest BCUT2D eigenvalue weighted by molar-refractivity contribution is -0.138. The van der Waals surface area contributed by atoms with Crippen LogP contribution in [0.15, 0.2) is 72.9 Å². The van der Waals surface area contributed by atoms with E-state index in [1.807, 2.05) is 0 Å². The van der Waals surface area contributed by atoms with Gasteiger partial charge in [0.15, 0.2) is 5.75 Å². The average Bonchev–Trinajstić information content (AvgIpc) is 3.29. The molecule has 4 aromatic rings. The highest BCUT2D eigenvalue weighted by molar-refractivity contribution is 5.77. The van der Waals surface area contributed by atoms with Crippen LogP contribution in [0.4, 0.5) is 26.3 Å². The molecule has 0 amide bonds. The average molecular weight is 535 g/mol. The molecule has 200 valence electrons. The molecular formula is C28H24F6N2O2. The summed E-state index contributed by atoms with van der Waals surface area (Å²) in [6.45, 7) is 4.70. The van der Waals surface area contributed by atoms with Crippen LogP contribution >= 0.6 is 0 Å². The number of aliphatic hydroxyl groups is 1. The molecule has 3 aromatic carbocycles. The van der Waals surface area contributed by atoms with Crippen molar-refractivity contribution in [2.45, 2.75) is 38.7 Å². The molecular weight excluding hydrogens is 510 g/mol. The molecule has 0 bridgehead atoms. The summed E-state index contributed by atoms with van der Waals surface area (Å²) in [7, 11) is 0. The monoisotopic (exact) mass is 534 g/mol. The lowest BCUT2D eigenvalue weighted by atomic mass is 10.0. The Bertz CT molecular complexity index is 1450. The van der Waals surface area contributed by atoms with Crippen molar-refractivity contribution < 1.29 is 36.2 Å². The quantitative estimate of drug-likeness (QED) is 0.256. The first-order valence-electron chi connectivity index (χ1n) is 11.6. The van der Waals surface area contributed by atoms with Crippen LogP contribution in [0.1, 0.15) is 37.6 Å². The van der Waals surface area contributed by atoms with Crippen molar-refractivity contribution in [1.82, 2.24) is 9.55 Å². The van der Waals surface area contributed by atoms with Gasteiger partial charge in [0.25, 0.3) is 0 Å². The van der Waals surface area contributed by atoms with Gasteiger partial charge in [-0.25, -0.2) is 4.98 Å². The molecule has 0 unspecified atom stereocenters. The van der Waals surface area contributed by atoms with E-state index >= 15 is 0 Å². The van der Waals surface area contributed by atoms with Gasteiger partial charge in [0.1, 0.15) is 11.4 Å². The van der Waals surface area contributed by atoms with Crippen molar-refractivity contribution >= 4 is 0 Å². The molecule has 0 fully saturated rings. The molecule has 0 spiro atoms. The van der Waals surface area contributed by atoms with Crippen LogP contribution < -0.4 is 4.74 Å². The number of imidazole rings is 1. The third-order valence-electron chi connectivity index (χ3n) is 5.85. The van der Waals surface area contributed by atoms with E-state index in [4.69, 9.17) is 4.74 Å². The van der Waals surface area contributed by atoms with E-state index in [0.29, 0.717) is 5.56 Å². The van der Waals surface area contributed by atoms with Crippen LogP contribution in [0.25, 0.3) is 28.2 Å². The minimum Gasteiger partial charge on any atom is -0.491 e. The SMILES string of the molecule is CCOc1c(-c2cccc(C(F)(F)F)c2)cccc1-n1cc(C(C)(C)O)nc1-c1ccccc1C(F)(F)F. The Morgan fingerprint density at radius 3 is 2.13 bits per heavy atom. The van der Waals surface area contributed by atoms with Crippen LogP contribution in [-0.2, 0) is 18.0 Å². The zero-order valence-corrected chi connectivity index (χ0v) is 20.7. The number of ether oxygens (including phenoxy) is 1. The maximum atomic E-state index is 13.9. The number of alkyl halides is 6. The van der Waals surface area contributed by atoms with Crippen LogP contribution in [0.5, 0.6) is 5.75 Å². The lowest BCUT2D eigenvalue weighted by Crippen LogP contribution is -2.15. The van der Waals surface area contributed by atoms with Gasteiger partial charge in [0.2, 0.25) is 0 Å². The first kappa shape index (κ1) is 27.3. The van der Waals surface area contributed by atoms with E-state index in [2.05, 4.69) is 4.98 Å². The Balaban J connectivity index is 2.02. The van der Waals surface area contributed by atoms with Gasteiger partial charge in [-0.15, -0.1) is 0 Å². The van der Waals surface area contributed by atoms with Crippen LogP contribution in [0, 0.1) is 0 Å². The number of aromatic nitrogens is 2. The first-order valence-corrected chi connectivity index (χ1v) is 11.6. The molecule has 4 rings (SSSR count). The van der Waals surface area contributed by atoms with Gasteiger partial charge in [-0.3, -0.25) is 4.57 Å². The topological polar surface area (TPSA) is 47.3 Å². The minimum atomic E-state index is -4.69. The molecule has 0 aliphatic rings. The summed E-state index contributed by atoms with van der Waals surface area (Å²) in [6.07, 6.45) is -7.86. The van der Waals surface area contributed by atoms with Gasteiger partial charge < -0.3 is 9.84 Å². The van der Waals surface area contributed by atoms with Gasteiger partial charge in [-0.05, 0) is 50.6 Å². The fourth-order valence-corrected chi connectivity index (χ4v) is 4.07. The Morgan fingerprint density at radius 2 is 1.50 bits per heavy atom. The molecule has 1 N–H and O–H groups in total. The summed E-state index contributed by atoms with van der Waals surface area (Å²) in [5, 5.41) is 10.6. The van der Waals surface area contributed by atoms with Gasteiger partial charge >= 0.3 is 12.4 Å². The maximum absolute atomic E-state index is 13.9. The molecule has 0 atom stereocenters. The minimum absolute atomic E-state index is 0.0939. The van der Waals surface area contributed by atoms with Gasteiger partial charge in [-0.1, -0.05) is 42.5 Å². The highest BCUT2D eigenvalue weighted by Gasteiger charge is 2.36. The zero-order chi connectivity index (χ0) is 27.9. The number of hydrogen-bond donors (Lipinski definition) is 1. The smallest absolute Gasteiger partial charge is 0.417 e. The zero-order valence-electron chi connectivity index (χ0n) is 20.7. The highest BCUT2D eigenvalue weighted by atomic mass is 19.4. The summed E-state index contributed by atoms with van der Waals surface area (Å²) in [4.78, 5) is 4.36. The standard InChI is InChI=1S/C28H24F6N2O2/c1-4-38-24-19(17-9-7-10-18(15-17)27(29,30)31)12-8-14-22(24)36-16-23(26(2,3)37)35-25(36)20-11-5-6-13-21(20)28(32,33)34/h5-16,37H,4H2,1-3H3. The summed E-state index contributed by atoms with van der Waals surface area (Å²) in [6, 6.07) is 14.3. The van der Waals surface area contributed by atoms with E-state index in [-0.39, 0.29) is 40.7 Å². The van der Waals surface area contributed by atoms with Crippen molar-refractivity contribution in [3.05, 3.63) is 89.7 Å². The number of nitrogens with zero attached hydrogens (tertiary/aromatic N) is 2. The van der Waals surface area contributed by atoms with E-state index in [9.17, 15) is 31.4 Å². The van der Waals surface area contributed by atoms with Crippen LogP contribution in [0.2, 0.25) is 0 Å². The summed E-state index contributed by atoms with van der Waals surface area (Å²) >= 11 is 0. The molecule has 0 aliphatic carbocycles. The predicted octanol–water partition coefficient (Wildman–Crippen LogP) is 7.87. The molecule has 0 saturated heterocycles. The summed E-state index contributed by atoms with van der Waals surface area (Å²) in [5.41, 5.74) is -2.65. The largest absolute Gasteiger partial charge is 0.491 e. The lowest BCUT2D eigenvalue weighted by Gasteiger charge is -2.19. The molecule has 1 aromatic heterocycles. The molecule has 0 saturated carbocycles. The Morgan fingerprint density at radius 1 is 0.842 bits per heavy atom. The van der Waals surface area contributed by atoms with Crippen molar-refractivity contribution in [3.63, 3.8) is 0 Å². The number of hydrogen-bond acceptors (Lipinski definition) is 3. The second kappa shape index (κ2) is 9.83. The fourth-order valence-electron chi connectivity index (χ4n) is 4.07. The Labute approximate surface area is 215 Å². The molecule has 0 radical (unpaired) electrons. The van der Waals surface area contributed by atoms with Gasteiger partial charge in [-0.2, -0.15) is 26.3 Å². The third-order valence-corrected chi connectivity index (χ3v) is 5.85. The molecule has 4 nitrogen and oxygen atoms in total. The van der Waals surface area contributed by atoms with E-state index in [0.717, 1.165) is 18.2 Å². The van der Waals surface area contributed by atoms with Crippen molar-refractivity contribution in [2.75, 3.05) is 6.61 Å². The fraction of sp³-hybridized carbons (Fsp3) is 0.250. The van der Waals surface area contributed by atoms with Crippen molar-refractivity contribution in [2.24, 2.45) is 0 Å². The first-order chi connectivity index (χ1) is 17.7. The Hall–Kier alpha value is -3.79. The number of rotatable bonds is 6. The number of benzene rings is 3. The van der Waals surface area contributed by atoms with Crippen molar-refractivity contribution in [1.29, 1.82) is 0 Å². The van der Waals surface area contributed by atoms with Crippen LogP contribution in [0.3, 0.4) is 0 Å². The maximum Gasteiger partial charge on any atom is 0.417 e. The second-order valence-electron chi connectivity index (χ2n) is 9.09. The summed E-state index contributed by atoms with van der Waals surface area (Å²) in [5.74, 6) is 0.0388. The normalized spacial score (nSPS) is 12.6.